The second-order valence-corrected chi connectivity index (χ2v) is 3.83. The van der Waals surface area contributed by atoms with Gasteiger partial charge in [-0.2, -0.15) is 0 Å². The Bertz CT molecular complexity index is 433. The maximum Gasteiger partial charge on any atom is 0.320 e. The molecule has 2 N–H and O–H groups in total. The lowest BCUT2D eigenvalue weighted by atomic mass is 9.92. The molecule has 5 nitrogen and oxygen atoms in total. The van der Waals surface area contributed by atoms with Crippen LogP contribution in [0.2, 0.25) is 0 Å². The highest BCUT2D eigenvalue weighted by atomic mass is 16.3. The van der Waals surface area contributed by atoms with E-state index in [2.05, 4.69) is 5.32 Å². The molecule has 90 valence electrons. The van der Waals surface area contributed by atoms with Gasteiger partial charge in [-0.3, -0.25) is 9.69 Å². The first kappa shape index (κ1) is 11.6. The van der Waals surface area contributed by atoms with E-state index in [0.29, 0.717) is 12.1 Å². The standard InChI is InChI=1S/C12H14N2O3/c1-2-13-12(17)14-9(10(15)11(14)16)8-6-4-3-5-7-8/h3-7,9,11,16H,2H2,1H3,(H,13,17)/t9-,11?/m0/s1. The maximum atomic E-state index is 11.7. The van der Waals surface area contributed by atoms with Crippen molar-refractivity contribution in [1.82, 2.24) is 10.2 Å². The summed E-state index contributed by atoms with van der Waals surface area (Å²) in [5.41, 5.74) is 0.717. The quantitative estimate of drug-likeness (QED) is 0.789. The van der Waals surface area contributed by atoms with E-state index < -0.39 is 18.3 Å². The van der Waals surface area contributed by atoms with Gasteiger partial charge in [0.25, 0.3) is 0 Å². The fraction of sp³-hybridized carbons (Fsp3) is 0.333. The number of carbonyl (C=O) groups is 2. The zero-order valence-corrected chi connectivity index (χ0v) is 9.46. The van der Waals surface area contributed by atoms with Crippen molar-refractivity contribution in [2.45, 2.75) is 19.2 Å². The molecular weight excluding hydrogens is 220 g/mol. The molecule has 2 atom stereocenters. The summed E-state index contributed by atoms with van der Waals surface area (Å²) in [6, 6.07) is 7.86. The van der Waals surface area contributed by atoms with E-state index in [1.807, 2.05) is 6.07 Å². The number of benzene rings is 1. The summed E-state index contributed by atoms with van der Waals surface area (Å²) in [7, 11) is 0. The molecule has 0 aromatic heterocycles. The Morgan fingerprint density at radius 1 is 1.41 bits per heavy atom. The van der Waals surface area contributed by atoms with Crippen LogP contribution in [0.15, 0.2) is 30.3 Å². The summed E-state index contributed by atoms with van der Waals surface area (Å²) in [5.74, 6) is -0.345. The van der Waals surface area contributed by atoms with Gasteiger partial charge in [0, 0.05) is 6.54 Å². The molecule has 0 radical (unpaired) electrons. The van der Waals surface area contributed by atoms with E-state index in [1.165, 1.54) is 0 Å². The van der Waals surface area contributed by atoms with Crippen LogP contribution in [0.25, 0.3) is 0 Å². The number of nitrogens with zero attached hydrogens (tertiary/aromatic N) is 1. The molecule has 1 unspecified atom stereocenters. The number of aliphatic hydroxyl groups excluding tert-OH is 1. The lowest BCUT2D eigenvalue weighted by Crippen LogP contribution is -2.63. The van der Waals surface area contributed by atoms with E-state index in [4.69, 9.17) is 0 Å². The van der Waals surface area contributed by atoms with Crippen LogP contribution in [-0.4, -0.2) is 34.6 Å². The molecule has 17 heavy (non-hydrogen) atoms. The Labute approximate surface area is 99.0 Å². The molecule has 1 aliphatic rings. The van der Waals surface area contributed by atoms with Crippen LogP contribution in [0.5, 0.6) is 0 Å². The number of ketones is 1. The number of Topliss-reactive ketones (excluding diaryl/α,β-unsaturated/α-hetero) is 1. The SMILES string of the molecule is CCNC(=O)N1C(O)C(=O)[C@@H]1c1ccccc1. The average Bonchev–Trinajstić information content (AvgIpc) is 2.35. The van der Waals surface area contributed by atoms with Crippen molar-refractivity contribution in [3.05, 3.63) is 35.9 Å². The van der Waals surface area contributed by atoms with Crippen molar-refractivity contribution in [1.29, 1.82) is 0 Å². The third-order valence-electron chi connectivity index (χ3n) is 2.74. The van der Waals surface area contributed by atoms with Crippen LogP contribution < -0.4 is 5.32 Å². The van der Waals surface area contributed by atoms with Gasteiger partial charge >= 0.3 is 6.03 Å². The monoisotopic (exact) mass is 234 g/mol. The number of likely N-dealkylation sites (tertiary alicyclic amines) is 1. The van der Waals surface area contributed by atoms with Gasteiger partial charge in [0.05, 0.1) is 0 Å². The topological polar surface area (TPSA) is 69.6 Å². The van der Waals surface area contributed by atoms with Crippen LogP contribution in [-0.2, 0) is 4.79 Å². The Kier molecular flexibility index (Phi) is 3.10. The maximum absolute atomic E-state index is 11.7. The number of amides is 2. The molecule has 1 heterocycles. The second kappa shape index (κ2) is 4.55. The van der Waals surface area contributed by atoms with Crippen LogP contribution in [0, 0.1) is 0 Å². The van der Waals surface area contributed by atoms with Crippen LogP contribution in [0.1, 0.15) is 18.5 Å². The summed E-state index contributed by atoms with van der Waals surface area (Å²) >= 11 is 0. The summed E-state index contributed by atoms with van der Waals surface area (Å²) < 4.78 is 0. The molecule has 1 aromatic carbocycles. The molecule has 2 amide bonds. The number of nitrogens with one attached hydrogen (secondary N) is 1. The first-order chi connectivity index (χ1) is 8.16. The Morgan fingerprint density at radius 2 is 2.06 bits per heavy atom. The minimum absolute atomic E-state index is 0.345. The molecule has 1 aromatic rings. The van der Waals surface area contributed by atoms with Crippen molar-refractivity contribution in [2.75, 3.05) is 6.54 Å². The van der Waals surface area contributed by atoms with Gasteiger partial charge in [-0.15, -0.1) is 0 Å². The van der Waals surface area contributed by atoms with Crippen LogP contribution in [0.3, 0.4) is 0 Å². The number of hydrogen-bond donors (Lipinski definition) is 2. The minimum atomic E-state index is -1.33. The largest absolute Gasteiger partial charge is 0.367 e. The number of urea groups is 1. The van der Waals surface area contributed by atoms with Crippen molar-refractivity contribution < 1.29 is 14.7 Å². The van der Waals surface area contributed by atoms with Crippen molar-refractivity contribution in [2.24, 2.45) is 0 Å². The molecule has 0 spiro atoms. The Balaban J connectivity index is 2.21. The second-order valence-electron chi connectivity index (χ2n) is 3.83. The summed E-state index contributed by atoms with van der Waals surface area (Å²) in [5, 5.41) is 12.1. The van der Waals surface area contributed by atoms with E-state index in [1.54, 1.807) is 31.2 Å². The zero-order chi connectivity index (χ0) is 12.4. The molecule has 0 aliphatic carbocycles. The summed E-state index contributed by atoms with van der Waals surface area (Å²) in [4.78, 5) is 24.4. The Morgan fingerprint density at radius 3 is 2.65 bits per heavy atom. The average molecular weight is 234 g/mol. The van der Waals surface area contributed by atoms with Crippen LogP contribution >= 0.6 is 0 Å². The van der Waals surface area contributed by atoms with E-state index in [9.17, 15) is 14.7 Å². The van der Waals surface area contributed by atoms with Gasteiger partial charge in [0.1, 0.15) is 6.04 Å². The van der Waals surface area contributed by atoms with Crippen molar-refractivity contribution >= 4 is 11.8 Å². The van der Waals surface area contributed by atoms with Crippen molar-refractivity contribution in [3.8, 4) is 0 Å². The predicted octanol–water partition coefficient (Wildman–Crippen LogP) is 0.660. The first-order valence-corrected chi connectivity index (χ1v) is 5.49. The smallest absolute Gasteiger partial charge is 0.320 e. The van der Waals surface area contributed by atoms with Gasteiger partial charge in [0.2, 0.25) is 5.78 Å². The highest BCUT2D eigenvalue weighted by Gasteiger charge is 2.50. The molecule has 2 rings (SSSR count). The van der Waals surface area contributed by atoms with Gasteiger partial charge in [-0.25, -0.2) is 4.79 Å². The number of carbonyl (C=O) groups excluding carboxylic acids is 2. The highest BCUT2D eigenvalue weighted by molar-refractivity contribution is 6.00. The number of hydrogen-bond acceptors (Lipinski definition) is 3. The predicted molar refractivity (Wildman–Crippen MR) is 61.1 cm³/mol. The van der Waals surface area contributed by atoms with Gasteiger partial charge < -0.3 is 10.4 Å². The normalized spacial score (nSPS) is 23.2. The van der Waals surface area contributed by atoms with Gasteiger partial charge in [-0.05, 0) is 12.5 Å². The van der Waals surface area contributed by atoms with E-state index in [0.717, 1.165) is 4.90 Å². The first-order valence-electron chi connectivity index (χ1n) is 5.49. The third-order valence-corrected chi connectivity index (χ3v) is 2.74. The highest BCUT2D eigenvalue weighted by Crippen LogP contribution is 2.33. The van der Waals surface area contributed by atoms with Crippen LogP contribution in [0.4, 0.5) is 4.79 Å². The fourth-order valence-corrected chi connectivity index (χ4v) is 1.91. The van der Waals surface area contributed by atoms with E-state index in [-0.39, 0.29) is 5.78 Å². The molecule has 5 heteroatoms. The van der Waals surface area contributed by atoms with E-state index >= 15 is 0 Å². The van der Waals surface area contributed by atoms with Gasteiger partial charge in [0.15, 0.2) is 6.23 Å². The molecule has 0 saturated carbocycles. The molecule has 1 aliphatic heterocycles. The zero-order valence-electron chi connectivity index (χ0n) is 9.46. The molecular formula is C12H14N2O3. The summed E-state index contributed by atoms with van der Waals surface area (Å²) in [6.07, 6.45) is -1.33. The lowest BCUT2D eigenvalue weighted by Gasteiger charge is -2.43. The fourth-order valence-electron chi connectivity index (χ4n) is 1.91. The molecule has 0 bridgehead atoms. The Hall–Kier alpha value is -1.88. The van der Waals surface area contributed by atoms with Crippen molar-refractivity contribution in [3.63, 3.8) is 0 Å². The third kappa shape index (κ3) is 1.89. The molecule has 1 saturated heterocycles. The van der Waals surface area contributed by atoms with Gasteiger partial charge in [-0.1, -0.05) is 30.3 Å². The lowest BCUT2D eigenvalue weighted by molar-refractivity contribution is -0.161. The summed E-state index contributed by atoms with van der Waals surface area (Å²) in [6.45, 7) is 2.24. The minimum Gasteiger partial charge on any atom is -0.367 e. The number of aliphatic hydroxyl groups is 1. The number of rotatable bonds is 2. The molecule has 1 fully saturated rings.